The number of rotatable bonds is 9. The summed E-state index contributed by atoms with van der Waals surface area (Å²) in [5.41, 5.74) is 2.38. The van der Waals surface area contributed by atoms with Crippen molar-refractivity contribution >= 4 is 23.4 Å². The van der Waals surface area contributed by atoms with E-state index < -0.39 is 13.0 Å². The normalized spacial score (nSPS) is 14.0. The molecule has 0 fully saturated rings. The van der Waals surface area contributed by atoms with Crippen LogP contribution < -0.4 is 10.1 Å². The number of hydrogen-bond donors (Lipinski definition) is 2. The molecule has 166 valence electrons. The number of halogens is 3. The van der Waals surface area contributed by atoms with Crippen LogP contribution >= 0.6 is 11.6 Å². The topological polar surface area (TPSA) is 91.8 Å². The Morgan fingerprint density at radius 3 is 2.84 bits per heavy atom. The fraction of sp³-hybridized carbons (Fsp3) is 0.381. The average molecular weight is 454 g/mol. The lowest BCUT2D eigenvalue weighted by Crippen LogP contribution is -2.28. The van der Waals surface area contributed by atoms with Gasteiger partial charge in [-0.1, -0.05) is 17.7 Å². The van der Waals surface area contributed by atoms with Crippen LogP contribution in [0.1, 0.15) is 40.1 Å². The fourth-order valence-corrected chi connectivity index (χ4v) is 3.65. The van der Waals surface area contributed by atoms with Crippen LogP contribution in [0.25, 0.3) is 0 Å². The van der Waals surface area contributed by atoms with Gasteiger partial charge < -0.3 is 20.1 Å². The van der Waals surface area contributed by atoms with Crippen molar-refractivity contribution in [3.8, 4) is 5.75 Å². The second-order valence-electron chi connectivity index (χ2n) is 7.04. The van der Waals surface area contributed by atoms with Crippen molar-refractivity contribution in [3.63, 3.8) is 0 Å². The summed E-state index contributed by atoms with van der Waals surface area (Å²) in [6.07, 6.45) is -1.12. The second kappa shape index (κ2) is 10.0. The van der Waals surface area contributed by atoms with Crippen molar-refractivity contribution in [2.75, 3.05) is 19.8 Å². The van der Waals surface area contributed by atoms with E-state index in [0.29, 0.717) is 22.4 Å². The molecule has 10 heteroatoms. The molecule has 31 heavy (non-hydrogen) atoms. The zero-order chi connectivity index (χ0) is 22.5. The van der Waals surface area contributed by atoms with Gasteiger partial charge in [-0.2, -0.15) is 0 Å². The minimum atomic E-state index is -2.61. The first-order chi connectivity index (χ1) is 14.8. The maximum absolute atomic E-state index is 13.0. The minimum Gasteiger partial charge on any atom is -0.486 e. The molecule has 0 aliphatic carbocycles. The third-order valence-corrected chi connectivity index (χ3v) is 5.29. The van der Waals surface area contributed by atoms with Crippen LogP contribution in [0, 0.1) is 0 Å². The third kappa shape index (κ3) is 5.29. The van der Waals surface area contributed by atoms with E-state index in [0.717, 1.165) is 0 Å². The van der Waals surface area contributed by atoms with Crippen LogP contribution in [0.5, 0.6) is 5.75 Å². The van der Waals surface area contributed by atoms with E-state index in [2.05, 4.69) is 10.3 Å². The lowest BCUT2D eigenvalue weighted by molar-refractivity contribution is -0.120. The highest BCUT2D eigenvalue weighted by Gasteiger charge is 2.34. The first-order valence-electron chi connectivity index (χ1n) is 9.67. The third-order valence-electron chi connectivity index (χ3n) is 5.00. The van der Waals surface area contributed by atoms with Crippen molar-refractivity contribution in [1.29, 1.82) is 0 Å². The summed E-state index contributed by atoms with van der Waals surface area (Å²) in [5.74, 6) is -0.342. The number of carbonyl (C=O) groups excluding carboxylic acids is 2. The van der Waals surface area contributed by atoms with Gasteiger partial charge in [-0.3, -0.25) is 14.6 Å². The molecule has 1 aliphatic rings. The number of aliphatic hydroxyl groups is 1. The number of fused-ring (bicyclic) bond motifs is 1. The van der Waals surface area contributed by atoms with Crippen molar-refractivity contribution in [2.45, 2.75) is 32.4 Å². The summed E-state index contributed by atoms with van der Waals surface area (Å²) >= 11 is 6.17. The number of carbonyl (C=O) groups is 2. The average Bonchev–Trinajstić information content (AvgIpc) is 3.08. The predicted octanol–water partition coefficient (Wildman–Crippen LogP) is 2.75. The van der Waals surface area contributed by atoms with Gasteiger partial charge >= 0.3 is 0 Å². The van der Waals surface area contributed by atoms with Gasteiger partial charge in [0.15, 0.2) is 0 Å². The number of aliphatic hydroxyl groups excluding tert-OH is 1. The van der Waals surface area contributed by atoms with E-state index in [9.17, 15) is 18.4 Å². The molecule has 1 unspecified atom stereocenters. The molecule has 2 heterocycles. The Morgan fingerprint density at radius 1 is 1.39 bits per heavy atom. The standard InChI is InChI=1S/C21H22ClF2N3O4/c1-12(13-2-3-18(16(22)8-13)31-11-19(23)24)27-10-15-14(21(27)30)4-5-25-17(15)9-20(29)26-6-7-28/h2-5,8,12,19,28H,6-7,9-11H2,1H3,(H,26,29). The fourth-order valence-electron chi connectivity index (χ4n) is 3.41. The number of amides is 2. The van der Waals surface area contributed by atoms with Crippen LogP contribution in [-0.4, -0.2) is 53.0 Å². The minimum absolute atomic E-state index is 0.000670. The van der Waals surface area contributed by atoms with Crippen molar-refractivity contribution in [1.82, 2.24) is 15.2 Å². The SMILES string of the molecule is CC(c1ccc(OCC(F)F)c(Cl)c1)N1Cc2c(ccnc2CC(=O)NCCO)C1=O. The lowest BCUT2D eigenvalue weighted by atomic mass is 10.1. The van der Waals surface area contributed by atoms with E-state index in [1.807, 2.05) is 6.92 Å². The molecular weight excluding hydrogens is 432 g/mol. The molecule has 1 aromatic carbocycles. The molecule has 7 nitrogen and oxygen atoms in total. The Morgan fingerprint density at radius 2 is 2.16 bits per heavy atom. The summed E-state index contributed by atoms with van der Waals surface area (Å²) in [5, 5.41) is 11.6. The van der Waals surface area contributed by atoms with E-state index in [4.69, 9.17) is 21.4 Å². The van der Waals surface area contributed by atoms with E-state index >= 15 is 0 Å². The maximum Gasteiger partial charge on any atom is 0.272 e. The second-order valence-corrected chi connectivity index (χ2v) is 7.44. The Labute approximate surface area is 183 Å². The molecule has 0 bridgehead atoms. The zero-order valence-corrected chi connectivity index (χ0v) is 17.5. The van der Waals surface area contributed by atoms with E-state index in [1.165, 1.54) is 12.3 Å². The van der Waals surface area contributed by atoms with Crippen LogP contribution in [0.15, 0.2) is 30.5 Å². The quantitative estimate of drug-likeness (QED) is 0.609. The number of hydrogen-bond acceptors (Lipinski definition) is 5. The summed E-state index contributed by atoms with van der Waals surface area (Å²) in [7, 11) is 0. The van der Waals surface area contributed by atoms with E-state index in [1.54, 1.807) is 23.1 Å². The van der Waals surface area contributed by atoms with E-state index in [-0.39, 0.29) is 54.7 Å². The van der Waals surface area contributed by atoms with Gasteiger partial charge in [0.25, 0.3) is 12.3 Å². The van der Waals surface area contributed by atoms with Crippen molar-refractivity contribution in [2.24, 2.45) is 0 Å². The van der Waals surface area contributed by atoms with Crippen molar-refractivity contribution in [3.05, 3.63) is 57.9 Å². The Balaban J connectivity index is 1.76. The van der Waals surface area contributed by atoms with Gasteiger partial charge in [0.1, 0.15) is 12.4 Å². The molecular formula is C21H22ClF2N3O4. The smallest absolute Gasteiger partial charge is 0.272 e. The number of aromatic nitrogens is 1. The maximum atomic E-state index is 13.0. The Hall–Kier alpha value is -2.78. The number of pyridine rings is 1. The highest BCUT2D eigenvalue weighted by atomic mass is 35.5. The zero-order valence-electron chi connectivity index (χ0n) is 16.8. The monoisotopic (exact) mass is 453 g/mol. The van der Waals surface area contributed by atoms with Crippen LogP contribution in [0.2, 0.25) is 5.02 Å². The van der Waals surface area contributed by atoms with Crippen molar-refractivity contribution < 1.29 is 28.2 Å². The number of benzene rings is 1. The molecule has 2 aromatic rings. The Bertz CT molecular complexity index is 974. The molecule has 1 atom stereocenters. The van der Waals surface area contributed by atoms with Crippen LogP contribution in [-0.2, 0) is 17.8 Å². The molecule has 0 spiro atoms. The predicted molar refractivity (Wildman–Crippen MR) is 109 cm³/mol. The van der Waals surface area contributed by atoms with Gasteiger partial charge in [0.2, 0.25) is 5.91 Å². The summed E-state index contributed by atoms with van der Waals surface area (Å²) in [6.45, 7) is 1.33. The molecule has 1 aliphatic heterocycles. The lowest BCUT2D eigenvalue weighted by Gasteiger charge is -2.25. The first kappa shape index (κ1) is 22.9. The Kier molecular flexibility index (Phi) is 7.40. The molecule has 2 amide bonds. The molecule has 0 radical (unpaired) electrons. The molecule has 1 aromatic heterocycles. The first-order valence-corrected chi connectivity index (χ1v) is 10.0. The summed E-state index contributed by atoms with van der Waals surface area (Å²) < 4.78 is 29.7. The molecule has 0 saturated heterocycles. The highest BCUT2D eigenvalue weighted by Crippen LogP contribution is 2.35. The van der Waals surface area contributed by atoms with Gasteiger partial charge in [0, 0.05) is 30.4 Å². The number of alkyl halides is 2. The molecule has 3 rings (SSSR count). The highest BCUT2D eigenvalue weighted by molar-refractivity contribution is 6.32. The van der Waals surface area contributed by atoms with Gasteiger partial charge in [-0.05, 0) is 30.7 Å². The number of ether oxygens (including phenoxy) is 1. The number of nitrogens with one attached hydrogen (secondary N) is 1. The molecule has 0 saturated carbocycles. The molecule has 2 N–H and O–H groups in total. The van der Waals surface area contributed by atoms with Gasteiger partial charge in [-0.25, -0.2) is 8.78 Å². The summed E-state index contributed by atoms with van der Waals surface area (Å²) in [6, 6.07) is 6.02. The number of nitrogens with zero attached hydrogens (tertiary/aromatic N) is 2. The van der Waals surface area contributed by atoms with Crippen LogP contribution in [0.3, 0.4) is 0 Å². The largest absolute Gasteiger partial charge is 0.486 e. The summed E-state index contributed by atoms with van der Waals surface area (Å²) in [4.78, 5) is 30.9. The van der Waals surface area contributed by atoms with Crippen LogP contribution in [0.4, 0.5) is 8.78 Å². The van der Waals surface area contributed by atoms with Gasteiger partial charge in [-0.15, -0.1) is 0 Å². The van der Waals surface area contributed by atoms with Gasteiger partial charge in [0.05, 0.1) is 29.8 Å².